The van der Waals surface area contributed by atoms with Gasteiger partial charge in [0, 0.05) is 39.1 Å². The number of carbonyl (C=O) groups excluding carboxylic acids is 4. The minimum Gasteiger partial charge on any atom is -0.353 e. The molecule has 0 aromatic rings. The number of rotatable bonds is 13. The lowest BCUT2D eigenvalue weighted by Gasteiger charge is -2.39. The number of nitrogens with one attached hydrogen (secondary N) is 4. The monoisotopic (exact) mass is 675 g/mol. The quantitative estimate of drug-likeness (QED) is 0.214. The van der Waals surface area contributed by atoms with Crippen molar-refractivity contribution in [1.82, 2.24) is 30.5 Å². The summed E-state index contributed by atoms with van der Waals surface area (Å²) in [6, 6.07) is -3.26. The second-order valence-corrected chi connectivity index (χ2v) is 17.2. The first-order valence-electron chi connectivity index (χ1n) is 15.4. The van der Waals surface area contributed by atoms with Crippen molar-refractivity contribution in [3.8, 4) is 6.07 Å². The van der Waals surface area contributed by atoms with Crippen LogP contribution in [0.3, 0.4) is 0 Å². The van der Waals surface area contributed by atoms with Gasteiger partial charge in [0.25, 0.3) is 0 Å². The van der Waals surface area contributed by atoms with Gasteiger partial charge in [0.05, 0.1) is 18.7 Å². The van der Waals surface area contributed by atoms with E-state index in [1.165, 1.54) is 11.9 Å². The Morgan fingerprint density at radius 1 is 1.04 bits per heavy atom. The van der Waals surface area contributed by atoms with Crippen molar-refractivity contribution >= 4 is 33.8 Å². The molecule has 0 unspecified atom stereocenters. The van der Waals surface area contributed by atoms with Gasteiger partial charge in [-0.05, 0) is 28.1 Å². The van der Waals surface area contributed by atoms with Crippen LogP contribution in [0.4, 0.5) is 13.6 Å². The zero-order valence-electron chi connectivity index (χ0n) is 28.5. The molecule has 0 aromatic heterocycles. The number of fused-ring (bicyclic) bond motifs is 1. The number of carbonyl (C=O) groups is 4. The predicted octanol–water partition coefficient (Wildman–Crippen LogP) is 1.66. The molecule has 2 aliphatic rings. The molecule has 1 saturated heterocycles. The summed E-state index contributed by atoms with van der Waals surface area (Å²) in [5.41, 5.74) is -1.71. The Morgan fingerprint density at radius 3 is 2.11 bits per heavy atom. The molecule has 6 atom stereocenters. The molecule has 262 valence electrons. The van der Waals surface area contributed by atoms with Crippen LogP contribution in [0.2, 0.25) is 0 Å². The van der Waals surface area contributed by atoms with Crippen molar-refractivity contribution < 1.29 is 36.4 Å². The lowest BCUT2D eigenvalue weighted by molar-refractivity contribution is -0.144. The number of urea groups is 1. The van der Waals surface area contributed by atoms with E-state index in [4.69, 9.17) is 5.26 Å². The minimum absolute atomic E-state index is 0.0133. The van der Waals surface area contributed by atoms with Crippen LogP contribution in [0, 0.1) is 39.4 Å². The fourth-order valence-electron chi connectivity index (χ4n) is 5.92. The van der Waals surface area contributed by atoms with Crippen LogP contribution in [0.1, 0.15) is 68.2 Å². The molecule has 46 heavy (non-hydrogen) atoms. The SMILES string of the molecule is CN(C[C@@H](NC(=O)N[C@H](C(=O)N1C[C@H]2[C@@H]([C@H]1C(=O)N[C@@H](CC(F)F)C(=O)NCCC#N)C2(C)C)C(C)(C)C)C(C)(C)C)S(C)(=O)=O. The van der Waals surface area contributed by atoms with Crippen LogP contribution in [0.25, 0.3) is 0 Å². The Kier molecular flexibility index (Phi) is 12.2. The van der Waals surface area contributed by atoms with Crippen molar-refractivity contribution in [1.29, 1.82) is 5.26 Å². The number of hydrogen-bond donors (Lipinski definition) is 4. The van der Waals surface area contributed by atoms with Gasteiger partial charge in [-0.1, -0.05) is 55.4 Å². The largest absolute Gasteiger partial charge is 0.353 e. The number of hydrogen-bond acceptors (Lipinski definition) is 7. The topological polar surface area (TPSA) is 181 Å². The summed E-state index contributed by atoms with van der Waals surface area (Å²) >= 11 is 0. The third-order valence-electron chi connectivity index (χ3n) is 9.09. The van der Waals surface area contributed by atoms with Crippen molar-refractivity contribution in [2.75, 3.05) is 32.9 Å². The third kappa shape index (κ3) is 9.73. The van der Waals surface area contributed by atoms with E-state index in [1.807, 2.05) is 40.7 Å². The van der Waals surface area contributed by atoms with Gasteiger partial charge >= 0.3 is 6.03 Å². The lowest BCUT2D eigenvalue weighted by atomic mass is 9.85. The predicted molar refractivity (Wildman–Crippen MR) is 168 cm³/mol. The fourth-order valence-corrected chi connectivity index (χ4v) is 6.34. The highest BCUT2D eigenvalue weighted by Crippen LogP contribution is 2.65. The van der Waals surface area contributed by atoms with Crippen molar-refractivity contribution in [3.05, 3.63) is 0 Å². The molecule has 16 heteroatoms. The number of nitriles is 1. The number of likely N-dealkylation sites (tertiary alicyclic amines) is 1. The molecule has 4 N–H and O–H groups in total. The van der Waals surface area contributed by atoms with E-state index in [0.717, 1.165) is 10.6 Å². The second kappa shape index (κ2) is 14.4. The van der Waals surface area contributed by atoms with E-state index in [-0.39, 0.29) is 43.3 Å². The van der Waals surface area contributed by atoms with Crippen LogP contribution >= 0.6 is 0 Å². The molecule has 1 aliphatic carbocycles. The number of amides is 5. The third-order valence-corrected chi connectivity index (χ3v) is 10.4. The van der Waals surface area contributed by atoms with Crippen LogP contribution in [-0.2, 0) is 24.4 Å². The molecule has 0 spiro atoms. The van der Waals surface area contributed by atoms with Gasteiger partial charge in [0.15, 0.2) is 0 Å². The van der Waals surface area contributed by atoms with E-state index in [0.29, 0.717) is 0 Å². The molecule has 2 rings (SSSR count). The smallest absolute Gasteiger partial charge is 0.315 e. The Bertz CT molecular complexity index is 1310. The van der Waals surface area contributed by atoms with E-state index >= 15 is 0 Å². The molecule has 0 bridgehead atoms. The summed E-state index contributed by atoms with van der Waals surface area (Å²) in [6.45, 7) is 14.8. The molecule has 13 nitrogen and oxygen atoms in total. The maximum absolute atomic E-state index is 14.2. The van der Waals surface area contributed by atoms with Crippen LogP contribution < -0.4 is 21.3 Å². The first-order chi connectivity index (χ1) is 20.8. The average Bonchev–Trinajstić information content (AvgIpc) is 3.20. The standard InChI is InChI=1S/C30H51F2N7O6S/c1-28(2,3)19(16-38(9)46(10,44)45)36-27(43)37-23(29(4,5)6)26(42)39-15-17-21(30(17,7)8)22(39)25(41)35-18(14-20(31)32)24(40)34-13-11-12-33/h17-23H,11,13-16H2,1-10H3,(H,34,40)(H,35,41)(H2,36,37,43)/t17-,18-,19+,21-,22-,23+/m0/s1. The number of piperidine rings is 1. The molecule has 1 saturated carbocycles. The highest BCUT2D eigenvalue weighted by Gasteiger charge is 2.70. The van der Waals surface area contributed by atoms with Crippen LogP contribution in [0.5, 0.6) is 0 Å². The number of likely N-dealkylation sites (N-methyl/N-ethyl adjacent to an activating group) is 1. The zero-order chi connectivity index (χ0) is 35.6. The van der Waals surface area contributed by atoms with Crippen LogP contribution in [-0.4, -0.2) is 105 Å². The normalized spacial score (nSPS) is 22.7. The Morgan fingerprint density at radius 2 is 1.63 bits per heavy atom. The van der Waals surface area contributed by atoms with E-state index in [2.05, 4.69) is 21.3 Å². The summed E-state index contributed by atoms with van der Waals surface area (Å²) in [6.07, 6.45) is -2.82. The van der Waals surface area contributed by atoms with Crippen molar-refractivity contribution in [2.45, 2.75) is 98.8 Å². The fraction of sp³-hybridized carbons (Fsp3) is 0.833. The average molecular weight is 676 g/mol. The molecule has 1 aliphatic heterocycles. The van der Waals surface area contributed by atoms with Crippen molar-refractivity contribution in [3.63, 3.8) is 0 Å². The molecule has 2 fully saturated rings. The van der Waals surface area contributed by atoms with Gasteiger partial charge in [-0.3, -0.25) is 14.4 Å². The number of nitrogens with zero attached hydrogens (tertiary/aromatic N) is 3. The van der Waals surface area contributed by atoms with E-state index in [9.17, 15) is 36.4 Å². The lowest BCUT2D eigenvalue weighted by Crippen LogP contribution is -2.62. The summed E-state index contributed by atoms with van der Waals surface area (Å²) in [7, 11) is -2.13. The van der Waals surface area contributed by atoms with Gasteiger partial charge < -0.3 is 26.2 Å². The Balaban J connectivity index is 2.32. The second-order valence-electron chi connectivity index (χ2n) is 15.2. The van der Waals surface area contributed by atoms with Gasteiger partial charge in [-0.2, -0.15) is 5.26 Å². The minimum atomic E-state index is -3.53. The van der Waals surface area contributed by atoms with Gasteiger partial charge in [-0.25, -0.2) is 26.3 Å². The van der Waals surface area contributed by atoms with Gasteiger partial charge in [-0.15, -0.1) is 0 Å². The highest BCUT2D eigenvalue weighted by molar-refractivity contribution is 7.88. The van der Waals surface area contributed by atoms with E-state index < -0.39 is 81.6 Å². The summed E-state index contributed by atoms with van der Waals surface area (Å²) < 4.78 is 52.0. The Labute approximate surface area is 271 Å². The number of sulfonamides is 1. The van der Waals surface area contributed by atoms with Crippen molar-refractivity contribution in [2.24, 2.45) is 28.1 Å². The summed E-state index contributed by atoms with van der Waals surface area (Å²) in [4.78, 5) is 55.2. The summed E-state index contributed by atoms with van der Waals surface area (Å²) in [5.74, 6) is -2.50. The molecular weight excluding hydrogens is 624 g/mol. The summed E-state index contributed by atoms with van der Waals surface area (Å²) in [5, 5.41) is 19.1. The molecule has 0 aromatic carbocycles. The molecule has 5 amide bonds. The van der Waals surface area contributed by atoms with Crippen LogP contribution in [0.15, 0.2) is 0 Å². The number of halogens is 2. The molecule has 1 heterocycles. The first kappa shape index (κ1) is 39.1. The Hall–Kier alpha value is -3.06. The van der Waals surface area contributed by atoms with Gasteiger partial charge in [0.2, 0.25) is 34.2 Å². The zero-order valence-corrected chi connectivity index (χ0v) is 29.3. The molecular formula is C30H51F2N7O6S. The van der Waals surface area contributed by atoms with Gasteiger partial charge in [0.1, 0.15) is 18.1 Å². The highest BCUT2D eigenvalue weighted by atomic mass is 32.2. The maximum Gasteiger partial charge on any atom is 0.315 e. The first-order valence-corrected chi connectivity index (χ1v) is 17.2. The van der Waals surface area contributed by atoms with E-state index in [1.54, 1.807) is 20.8 Å². The number of alkyl halides is 2. The molecule has 0 radical (unpaired) electrons. The maximum atomic E-state index is 14.2.